The van der Waals surface area contributed by atoms with E-state index in [9.17, 15) is 8.42 Å². The maximum absolute atomic E-state index is 10.4. The quantitative estimate of drug-likeness (QED) is 0.680. The largest absolute Gasteiger partial charge is 0.508 e. The molecule has 0 radical (unpaired) electrons. The molecule has 0 aliphatic heterocycles. The fraction of sp³-hybridized carbons (Fsp3) is 0. The van der Waals surface area contributed by atoms with E-state index in [0.717, 1.165) is 12.1 Å². The highest BCUT2D eigenvalue weighted by Gasteiger charge is 2.07. The monoisotopic (exact) mass is 210 g/mol. The SMILES string of the molecule is Cl.O=S(=O)(O)c1ccc(O)cc1. The Bertz CT molecular complexity index is 342. The van der Waals surface area contributed by atoms with E-state index in [4.69, 9.17) is 9.66 Å². The molecule has 12 heavy (non-hydrogen) atoms. The second-order valence-electron chi connectivity index (χ2n) is 1.97. The summed E-state index contributed by atoms with van der Waals surface area (Å²) >= 11 is 0. The highest BCUT2D eigenvalue weighted by molar-refractivity contribution is 7.85. The fourth-order valence-corrected chi connectivity index (χ4v) is 1.10. The van der Waals surface area contributed by atoms with Gasteiger partial charge in [0.25, 0.3) is 10.1 Å². The van der Waals surface area contributed by atoms with Crippen molar-refractivity contribution in [3.63, 3.8) is 0 Å². The summed E-state index contributed by atoms with van der Waals surface area (Å²) in [6, 6.07) is 4.60. The molecule has 1 aromatic carbocycles. The van der Waals surface area contributed by atoms with Gasteiger partial charge < -0.3 is 5.11 Å². The Morgan fingerprint density at radius 1 is 1.08 bits per heavy atom. The van der Waals surface area contributed by atoms with Gasteiger partial charge in [-0.2, -0.15) is 8.42 Å². The molecule has 0 fully saturated rings. The molecule has 0 aliphatic rings. The van der Waals surface area contributed by atoms with E-state index < -0.39 is 10.1 Å². The summed E-state index contributed by atoms with van der Waals surface area (Å²) in [5.41, 5.74) is 0. The molecule has 4 nitrogen and oxygen atoms in total. The molecule has 0 aliphatic carbocycles. The Balaban J connectivity index is 0.00000121. The zero-order valence-corrected chi connectivity index (χ0v) is 7.47. The van der Waals surface area contributed by atoms with Crippen LogP contribution in [-0.4, -0.2) is 18.1 Å². The Morgan fingerprint density at radius 3 is 1.83 bits per heavy atom. The van der Waals surface area contributed by atoms with E-state index in [2.05, 4.69) is 0 Å². The molecule has 6 heteroatoms. The van der Waals surface area contributed by atoms with Gasteiger partial charge >= 0.3 is 0 Å². The molecular weight excluding hydrogens is 204 g/mol. The topological polar surface area (TPSA) is 74.6 Å². The molecule has 0 heterocycles. The predicted octanol–water partition coefficient (Wildman–Crippen LogP) is 1.06. The molecule has 0 unspecified atom stereocenters. The van der Waals surface area contributed by atoms with Crippen molar-refractivity contribution in [1.29, 1.82) is 0 Å². The molecule has 1 rings (SSSR count). The Kier molecular flexibility index (Phi) is 3.51. The van der Waals surface area contributed by atoms with Gasteiger partial charge in [0.2, 0.25) is 0 Å². The van der Waals surface area contributed by atoms with Gasteiger partial charge in [-0.15, -0.1) is 12.4 Å². The van der Waals surface area contributed by atoms with Crippen molar-refractivity contribution < 1.29 is 18.1 Å². The van der Waals surface area contributed by atoms with Crippen LogP contribution < -0.4 is 0 Å². The van der Waals surface area contributed by atoms with Gasteiger partial charge in [-0.3, -0.25) is 4.55 Å². The number of benzene rings is 1. The molecule has 68 valence electrons. The molecule has 0 amide bonds. The van der Waals surface area contributed by atoms with Crippen LogP contribution in [0.4, 0.5) is 0 Å². The molecule has 2 N–H and O–H groups in total. The smallest absolute Gasteiger partial charge is 0.294 e. The van der Waals surface area contributed by atoms with Crippen LogP contribution in [0.15, 0.2) is 29.2 Å². The van der Waals surface area contributed by atoms with E-state index in [-0.39, 0.29) is 23.1 Å². The normalized spacial score (nSPS) is 10.4. The van der Waals surface area contributed by atoms with Crippen LogP contribution in [-0.2, 0) is 10.1 Å². The highest BCUT2D eigenvalue weighted by Crippen LogP contribution is 2.13. The average Bonchev–Trinajstić information content (AvgIpc) is 1.86. The molecule has 0 atom stereocenters. The van der Waals surface area contributed by atoms with Gasteiger partial charge in [-0.25, -0.2) is 0 Å². The van der Waals surface area contributed by atoms with E-state index in [1.54, 1.807) is 0 Å². The second-order valence-corrected chi connectivity index (χ2v) is 3.39. The first-order valence-electron chi connectivity index (χ1n) is 2.77. The van der Waals surface area contributed by atoms with Gasteiger partial charge in [0.15, 0.2) is 0 Å². The summed E-state index contributed by atoms with van der Waals surface area (Å²) in [5, 5.41) is 8.75. The molecule has 0 bridgehead atoms. The third-order valence-corrected chi connectivity index (χ3v) is 2.00. The highest BCUT2D eigenvalue weighted by atomic mass is 35.5. The minimum Gasteiger partial charge on any atom is -0.508 e. The first-order chi connectivity index (χ1) is 5.00. The van der Waals surface area contributed by atoms with Crippen molar-refractivity contribution in [3.05, 3.63) is 24.3 Å². The Labute approximate surface area is 76.0 Å². The van der Waals surface area contributed by atoms with E-state index in [1.807, 2.05) is 0 Å². The zero-order chi connectivity index (χ0) is 8.48. The van der Waals surface area contributed by atoms with E-state index in [1.165, 1.54) is 12.1 Å². The summed E-state index contributed by atoms with van der Waals surface area (Å²) in [4.78, 5) is -0.227. The number of hydrogen-bond acceptors (Lipinski definition) is 3. The molecule has 0 saturated heterocycles. The minimum atomic E-state index is -4.13. The third-order valence-electron chi connectivity index (χ3n) is 1.13. The van der Waals surface area contributed by atoms with Crippen molar-refractivity contribution >= 4 is 22.5 Å². The van der Waals surface area contributed by atoms with Crippen LogP contribution in [0.25, 0.3) is 0 Å². The summed E-state index contributed by atoms with van der Waals surface area (Å²) in [6.45, 7) is 0. The van der Waals surface area contributed by atoms with Crippen LogP contribution >= 0.6 is 12.4 Å². The lowest BCUT2D eigenvalue weighted by Gasteiger charge is -1.94. The number of aromatic hydroxyl groups is 1. The van der Waals surface area contributed by atoms with Crippen molar-refractivity contribution in [1.82, 2.24) is 0 Å². The van der Waals surface area contributed by atoms with Gasteiger partial charge in [-0.05, 0) is 24.3 Å². The van der Waals surface area contributed by atoms with Crippen LogP contribution in [0.2, 0.25) is 0 Å². The van der Waals surface area contributed by atoms with E-state index in [0.29, 0.717) is 0 Å². The standard InChI is InChI=1S/C6H6O4S.ClH/c7-5-1-3-6(4-2-5)11(8,9)10;/h1-4,7H,(H,8,9,10);1H. The van der Waals surface area contributed by atoms with Gasteiger partial charge in [-0.1, -0.05) is 0 Å². The van der Waals surface area contributed by atoms with Crippen molar-refractivity contribution in [2.75, 3.05) is 0 Å². The summed E-state index contributed by atoms with van der Waals surface area (Å²) < 4.78 is 29.3. The van der Waals surface area contributed by atoms with Crippen molar-refractivity contribution in [2.45, 2.75) is 4.90 Å². The van der Waals surface area contributed by atoms with E-state index >= 15 is 0 Å². The number of phenols is 1. The Morgan fingerprint density at radius 2 is 1.50 bits per heavy atom. The summed E-state index contributed by atoms with van der Waals surface area (Å²) in [6.07, 6.45) is 0. The lowest BCUT2D eigenvalue weighted by molar-refractivity contribution is 0.472. The van der Waals surface area contributed by atoms with Crippen molar-refractivity contribution in [2.24, 2.45) is 0 Å². The molecule has 0 spiro atoms. The lowest BCUT2D eigenvalue weighted by atomic mass is 10.3. The summed E-state index contributed by atoms with van der Waals surface area (Å²) in [7, 11) is -4.13. The fourth-order valence-electron chi connectivity index (χ4n) is 0.618. The molecular formula is C6H7ClO4S. The predicted molar refractivity (Wildman–Crippen MR) is 45.2 cm³/mol. The van der Waals surface area contributed by atoms with Crippen LogP contribution in [0.5, 0.6) is 5.75 Å². The number of rotatable bonds is 1. The molecule has 0 saturated carbocycles. The first kappa shape index (κ1) is 11.2. The maximum Gasteiger partial charge on any atom is 0.294 e. The molecule has 0 aromatic heterocycles. The van der Waals surface area contributed by atoms with Gasteiger partial charge in [0, 0.05) is 0 Å². The number of phenolic OH excluding ortho intramolecular Hbond substituents is 1. The maximum atomic E-state index is 10.4. The van der Waals surface area contributed by atoms with Crippen LogP contribution in [0, 0.1) is 0 Å². The third kappa shape index (κ3) is 2.69. The average molecular weight is 211 g/mol. The zero-order valence-electron chi connectivity index (χ0n) is 5.84. The lowest BCUT2D eigenvalue weighted by Crippen LogP contribution is -1.96. The Hall–Kier alpha value is -0.780. The first-order valence-corrected chi connectivity index (χ1v) is 4.21. The van der Waals surface area contributed by atoms with Crippen molar-refractivity contribution in [3.8, 4) is 5.75 Å². The van der Waals surface area contributed by atoms with Crippen LogP contribution in [0.1, 0.15) is 0 Å². The summed E-state index contributed by atoms with van der Waals surface area (Å²) in [5.74, 6) is -0.0441. The van der Waals surface area contributed by atoms with Gasteiger partial charge in [0.05, 0.1) is 4.90 Å². The molecule has 1 aromatic rings. The minimum absolute atomic E-state index is 0. The second kappa shape index (κ2) is 3.75. The van der Waals surface area contributed by atoms with Gasteiger partial charge in [0.1, 0.15) is 5.75 Å². The van der Waals surface area contributed by atoms with Crippen LogP contribution in [0.3, 0.4) is 0 Å². The number of hydrogen-bond donors (Lipinski definition) is 2. The number of halogens is 1.